The van der Waals surface area contributed by atoms with Crippen LogP contribution in [0.2, 0.25) is 0 Å². The number of fused-ring (bicyclic) bond motifs is 1. The molecule has 1 amide bonds. The van der Waals surface area contributed by atoms with Gasteiger partial charge in [-0.05, 0) is 49.1 Å². The van der Waals surface area contributed by atoms with Crippen molar-refractivity contribution in [2.45, 2.75) is 51.7 Å². The molecule has 1 N–H and O–H groups in total. The SMILES string of the molecule is CC1CCc2c(sc(NC(=O)CN(Cc3ccccc3)CC3CCCO3)c2C#N)C1. The highest BCUT2D eigenvalue weighted by molar-refractivity contribution is 7.16. The van der Waals surface area contributed by atoms with Gasteiger partial charge in [-0.15, -0.1) is 11.3 Å². The summed E-state index contributed by atoms with van der Waals surface area (Å²) in [7, 11) is 0. The number of thiophene rings is 1. The molecule has 2 aliphatic rings. The zero-order valence-corrected chi connectivity index (χ0v) is 18.3. The molecule has 4 rings (SSSR count). The van der Waals surface area contributed by atoms with Crippen molar-refractivity contribution in [2.75, 3.05) is 25.0 Å². The number of benzene rings is 1. The molecule has 1 saturated heterocycles. The Morgan fingerprint density at radius 2 is 2.17 bits per heavy atom. The fourth-order valence-electron chi connectivity index (χ4n) is 4.43. The van der Waals surface area contributed by atoms with Gasteiger partial charge in [0, 0.05) is 24.6 Å². The number of amides is 1. The van der Waals surface area contributed by atoms with Gasteiger partial charge in [-0.3, -0.25) is 9.69 Å². The van der Waals surface area contributed by atoms with Gasteiger partial charge in [-0.2, -0.15) is 5.26 Å². The van der Waals surface area contributed by atoms with E-state index < -0.39 is 0 Å². The molecule has 0 saturated carbocycles. The molecule has 1 aromatic carbocycles. The van der Waals surface area contributed by atoms with Crippen molar-refractivity contribution in [1.29, 1.82) is 5.26 Å². The molecule has 1 aliphatic heterocycles. The average Bonchev–Trinajstić information content (AvgIpc) is 3.35. The largest absolute Gasteiger partial charge is 0.377 e. The van der Waals surface area contributed by atoms with Crippen LogP contribution in [0.1, 0.15) is 47.8 Å². The topological polar surface area (TPSA) is 65.4 Å². The lowest BCUT2D eigenvalue weighted by Crippen LogP contribution is -2.37. The maximum Gasteiger partial charge on any atom is 0.239 e. The summed E-state index contributed by atoms with van der Waals surface area (Å²) in [6, 6.07) is 12.6. The lowest BCUT2D eigenvalue weighted by atomic mass is 9.89. The van der Waals surface area contributed by atoms with E-state index in [1.165, 1.54) is 10.4 Å². The molecule has 1 aliphatic carbocycles. The first kappa shape index (κ1) is 21.0. The molecule has 158 valence electrons. The van der Waals surface area contributed by atoms with E-state index in [9.17, 15) is 10.1 Å². The Hall–Kier alpha value is -2.20. The van der Waals surface area contributed by atoms with Gasteiger partial charge in [0.05, 0.1) is 18.2 Å². The Labute approximate surface area is 182 Å². The summed E-state index contributed by atoms with van der Waals surface area (Å²) >= 11 is 1.58. The lowest BCUT2D eigenvalue weighted by Gasteiger charge is -2.24. The monoisotopic (exact) mass is 423 g/mol. The number of nitriles is 1. The minimum absolute atomic E-state index is 0.0629. The second-order valence-corrected chi connectivity index (χ2v) is 9.61. The Balaban J connectivity index is 1.45. The van der Waals surface area contributed by atoms with Gasteiger partial charge < -0.3 is 10.1 Å². The van der Waals surface area contributed by atoms with Gasteiger partial charge in [0.25, 0.3) is 0 Å². The van der Waals surface area contributed by atoms with Crippen molar-refractivity contribution in [3.8, 4) is 6.07 Å². The molecule has 2 aromatic rings. The molecule has 0 radical (unpaired) electrons. The number of carbonyl (C=O) groups is 1. The summed E-state index contributed by atoms with van der Waals surface area (Å²) in [5.74, 6) is 0.575. The number of ether oxygens (including phenoxy) is 1. The minimum atomic E-state index is -0.0629. The van der Waals surface area contributed by atoms with Crippen LogP contribution in [0.3, 0.4) is 0 Å². The van der Waals surface area contributed by atoms with Crippen LogP contribution < -0.4 is 5.32 Å². The Bertz CT molecular complexity index is 913. The van der Waals surface area contributed by atoms with E-state index in [1.54, 1.807) is 11.3 Å². The smallest absolute Gasteiger partial charge is 0.239 e. The molecule has 1 fully saturated rings. The number of anilines is 1. The minimum Gasteiger partial charge on any atom is -0.377 e. The normalized spacial score (nSPS) is 20.7. The quantitative estimate of drug-likeness (QED) is 0.718. The lowest BCUT2D eigenvalue weighted by molar-refractivity contribution is -0.117. The molecule has 0 bridgehead atoms. The number of hydrogen-bond acceptors (Lipinski definition) is 5. The van der Waals surface area contributed by atoms with E-state index in [1.807, 2.05) is 18.2 Å². The third-order valence-corrected chi connectivity index (χ3v) is 7.15. The van der Waals surface area contributed by atoms with Gasteiger partial charge >= 0.3 is 0 Å². The molecule has 2 unspecified atom stereocenters. The second kappa shape index (κ2) is 9.74. The molecule has 30 heavy (non-hydrogen) atoms. The second-order valence-electron chi connectivity index (χ2n) is 8.51. The third kappa shape index (κ3) is 5.10. The predicted molar refractivity (Wildman–Crippen MR) is 120 cm³/mol. The Kier molecular flexibility index (Phi) is 6.83. The third-order valence-electron chi connectivity index (χ3n) is 5.98. The van der Waals surface area contributed by atoms with E-state index >= 15 is 0 Å². The highest BCUT2D eigenvalue weighted by Crippen LogP contribution is 2.39. The van der Waals surface area contributed by atoms with Crippen LogP contribution in [0.25, 0.3) is 0 Å². The first-order valence-electron chi connectivity index (χ1n) is 10.8. The number of nitrogens with zero attached hydrogens (tertiary/aromatic N) is 2. The summed E-state index contributed by atoms with van der Waals surface area (Å²) in [5.41, 5.74) is 3.00. The van der Waals surface area contributed by atoms with Crippen LogP contribution in [0.4, 0.5) is 5.00 Å². The zero-order chi connectivity index (χ0) is 20.9. The van der Waals surface area contributed by atoms with Crippen molar-refractivity contribution in [3.05, 3.63) is 51.9 Å². The highest BCUT2D eigenvalue weighted by Gasteiger charge is 2.26. The van der Waals surface area contributed by atoms with Crippen LogP contribution in [0, 0.1) is 17.2 Å². The van der Waals surface area contributed by atoms with E-state index in [4.69, 9.17) is 4.74 Å². The molecule has 0 spiro atoms. The van der Waals surface area contributed by atoms with Crippen LogP contribution in [0.15, 0.2) is 30.3 Å². The van der Waals surface area contributed by atoms with Gasteiger partial charge in [-0.25, -0.2) is 0 Å². The molecule has 2 atom stereocenters. The molecular weight excluding hydrogens is 394 g/mol. The first-order chi connectivity index (χ1) is 14.6. The molecular formula is C24H29N3O2S. The predicted octanol–water partition coefficient (Wildman–Crippen LogP) is 4.36. The van der Waals surface area contributed by atoms with Crippen molar-refractivity contribution < 1.29 is 9.53 Å². The van der Waals surface area contributed by atoms with E-state index in [0.29, 0.717) is 24.6 Å². The number of rotatable bonds is 7. The standard InChI is InChI=1S/C24H29N3O2S/c1-17-9-10-20-21(13-25)24(30-22(20)12-17)26-23(28)16-27(15-19-8-5-11-29-19)14-18-6-3-2-4-7-18/h2-4,6-7,17,19H,5,8-12,14-16H2,1H3,(H,26,28). The maximum atomic E-state index is 12.9. The summed E-state index contributed by atoms with van der Waals surface area (Å²) < 4.78 is 5.81. The van der Waals surface area contributed by atoms with Crippen molar-refractivity contribution in [3.63, 3.8) is 0 Å². The summed E-state index contributed by atoms with van der Waals surface area (Å²) in [4.78, 5) is 16.4. The number of hydrogen-bond donors (Lipinski definition) is 1. The van der Waals surface area contributed by atoms with Gasteiger partial charge in [0.15, 0.2) is 0 Å². The molecule has 2 heterocycles. The summed E-state index contributed by atoms with van der Waals surface area (Å²) in [6.07, 6.45) is 5.36. The average molecular weight is 424 g/mol. The van der Waals surface area contributed by atoms with E-state index in [2.05, 4.69) is 35.3 Å². The van der Waals surface area contributed by atoms with Gasteiger partial charge in [-0.1, -0.05) is 37.3 Å². The van der Waals surface area contributed by atoms with Crippen molar-refractivity contribution in [1.82, 2.24) is 4.90 Å². The molecule has 1 aromatic heterocycles. The summed E-state index contributed by atoms with van der Waals surface area (Å²) in [6.45, 7) is 4.79. The van der Waals surface area contributed by atoms with Gasteiger partial charge in [0.1, 0.15) is 11.1 Å². The maximum absolute atomic E-state index is 12.9. The van der Waals surface area contributed by atoms with E-state index in [-0.39, 0.29) is 12.0 Å². The van der Waals surface area contributed by atoms with Crippen LogP contribution >= 0.6 is 11.3 Å². The Morgan fingerprint density at radius 3 is 2.90 bits per heavy atom. The Morgan fingerprint density at radius 1 is 1.33 bits per heavy atom. The van der Waals surface area contributed by atoms with Crippen molar-refractivity contribution >= 4 is 22.2 Å². The zero-order valence-electron chi connectivity index (χ0n) is 17.5. The van der Waals surface area contributed by atoms with Crippen molar-refractivity contribution in [2.24, 2.45) is 5.92 Å². The number of carbonyl (C=O) groups excluding carboxylic acids is 1. The first-order valence-corrected chi connectivity index (χ1v) is 11.7. The van der Waals surface area contributed by atoms with Gasteiger partial charge in [0.2, 0.25) is 5.91 Å². The van der Waals surface area contributed by atoms with E-state index in [0.717, 1.165) is 55.8 Å². The molecule has 6 heteroatoms. The highest BCUT2D eigenvalue weighted by atomic mass is 32.1. The van der Waals surface area contributed by atoms with Crippen LogP contribution in [-0.2, 0) is 28.9 Å². The number of nitrogens with one attached hydrogen (secondary N) is 1. The fraction of sp³-hybridized carbons (Fsp3) is 0.500. The van der Waals surface area contributed by atoms with Crippen LogP contribution in [-0.4, -0.2) is 36.6 Å². The summed E-state index contributed by atoms with van der Waals surface area (Å²) in [5, 5.41) is 13.5. The fourth-order valence-corrected chi connectivity index (χ4v) is 5.81. The molecule has 5 nitrogen and oxygen atoms in total. The van der Waals surface area contributed by atoms with Crippen LogP contribution in [0.5, 0.6) is 0 Å².